The molecule has 1 amide bonds. The molecule has 1 fully saturated rings. The van der Waals surface area contributed by atoms with Crippen molar-refractivity contribution in [1.82, 2.24) is 9.91 Å². The summed E-state index contributed by atoms with van der Waals surface area (Å²) in [7, 11) is 0. The zero-order valence-corrected chi connectivity index (χ0v) is 17.8. The van der Waals surface area contributed by atoms with E-state index in [1.165, 1.54) is 41.5 Å². The van der Waals surface area contributed by atoms with Gasteiger partial charge in [-0.1, -0.05) is 54.4 Å². The lowest BCUT2D eigenvalue weighted by Gasteiger charge is -2.29. The van der Waals surface area contributed by atoms with Crippen molar-refractivity contribution >= 4 is 11.6 Å². The predicted octanol–water partition coefficient (Wildman–Crippen LogP) is 4.78. The second kappa shape index (κ2) is 8.50. The second-order valence-electron chi connectivity index (χ2n) is 8.52. The monoisotopic (exact) mass is 389 g/mol. The van der Waals surface area contributed by atoms with Crippen molar-refractivity contribution in [3.63, 3.8) is 0 Å². The van der Waals surface area contributed by atoms with Crippen molar-refractivity contribution in [2.45, 2.75) is 52.5 Å². The van der Waals surface area contributed by atoms with Gasteiger partial charge >= 0.3 is 0 Å². The summed E-state index contributed by atoms with van der Waals surface area (Å²) in [6, 6.07) is 14.8. The van der Waals surface area contributed by atoms with Crippen molar-refractivity contribution in [2.24, 2.45) is 5.10 Å². The Bertz CT molecular complexity index is 927. The maximum Gasteiger partial charge on any atom is 0.257 e. The van der Waals surface area contributed by atoms with Gasteiger partial charge in [0.05, 0.1) is 18.3 Å². The standard InChI is InChI=1S/C25H31N3O/c1-18-11-12-21(20(3)15-18)23-16-24(22-10-6-5-9-19(22)2)28(26-23)25(29)17-27-13-7-4-8-14-27/h5-6,9-12,15,24H,4,7-8,13-14,16-17H2,1-3H3/t24-/m0/s1. The number of amides is 1. The SMILES string of the molecule is Cc1ccc(C2=NN(C(=O)CN3CCCCC3)[C@H](c3ccccc3C)C2)c(C)c1. The number of benzene rings is 2. The lowest BCUT2D eigenvalue weighted by molar-refractivity contribution is -0.134. The largest absolute Gasteiger partial charge is 0.294 e. The molecular weight excluding hydrogens is 358 g/mol. The first-order chi connectivity index (χ1) is 14.0. The average molecular weight is 390 g/mol. The van der Waals surface area contributed by atoms with Gasteiger partial charge in [-0.05, 0) is 63.4 Å². The third kappa shape index (κ3) is 4.27. The van der Waals surface area contributed by atoms with E-state index in [0.29, 0.717) is 6.54 Å². The molecule has 4 rings (SSSR count). The fraction of sp³-hybridized carbons (Fsp3) is 0.440. The number of aryl methyl sites for hydroxylation is 3. The Kier molecular flexibility index (Phi) is 5.81. The molecule has 0 N–H and O–H groups in total. The van der Waals surface area contributed by atoms with Crippen LogP contribution < -0.4 is 0 Å². The number of hydrogen-bond acceptors (Lipinski definition) is 3. The topological polar surface area (TPSA) is 35.9 Å². The minimum atomic E-state index is -0.0239. The fourth-order valence-electron chi connectivity index (χ4n) is 4.62. The molecule has 2 aliphatic heterocycles. The molecule has 0 saturated carbocycles. The van der Waals surface area contributed by atoms with Crippen LogP contribution in [0.1, 0.15) is 59.5 Å². The highest BCUT2D eigenvalue weighted by Crippen LogP contribution is 2.35. The molecule has 0 unspecified atom stereocenters. The summed E-state index contributed by atoms with van der Waals surface area (Å²) in [5.74, 6) is 0.111. The van der Waals surface area contributed by atoms with Gasteiger partial charge < -0.3 is 0 Å². The Balaban J connectivity index is 1.65. The van der Waals surface area contributed by atoms with Crippen molar-refractivity contribution in [3.05, 3.63) is 70.3 Å². The van der Waals surface area contributed by atoms with Crippen LogP contribution in [-0.4, -0.2) is 41.2 Å². The van der Waals surface area contributed by atoms with E-state index in [1.54, 1.807) is 5.01 Å². The predicted molar refractivity (Wildman–Crippen MR) is 118 cm³/mol. The number of hydrogen-bond donors (Lipinski definition) is 0. The van der Waals surface area contributed by atoms with E-state index in [2.05, 4.69) is 68.1 Å². The summed E-state index contributed by atoms with van der Waals surface area (Å²) in [5.41, 5.74) is 7.05. The number of piperidine rings is 1. The van der Waals surface area contributed by atoms with E-state index in [0.717, 1.165) is 30.8 Å². The highest BCUT2D eigenvalue weighted by Gasteiger charge is 2.34. The Hall–Kier alpha value is -2.46. The van der Waals surface area contributed by atoms with Crippen LogP contribution in [0.4, 0.5) is 0 Å². The van der Waals surface area contributed by atoms with Gasteiger partial charge in [-0.15, -0.1) is 0 Å². The van der Waals surface area contributed by atoms with E-state index in [9.17, 15) is 4.79 Å². The van der Waals surface area contributed by atoms with Gasteiger partial charge in [0, 0.05) is 12.0 Å². The minimum Gasteiger partial charge on any atom is -0.294 e. The van der Waals surface area contributed by atoms with Crippen LogP contribution in [0, 0.1) is 20.8 Å². The number of carbonyl (C=O) groups is 1. The molecule has 1 saturated heterocycles. The first-order valence-corrected chi connectivity index (χ1v) is 10.8. The zero-order chi connectivity index (χ0) is 20.4. The van der Waals surface area contributed by atoms with Gasteiger partial charge in [0.25, 0.3) is 5.91 Å². The molecule has 0 radical (unpaired) electrons. The van der Waals surface area contributed by atoms with Crippen molar-refractivity contribution in [1.29, 1.82) is 0 Å². The fourth-order valence-corrected chi connectivity index (χ4v) is 4.62. The Labute approximate surface area is 174 Å². The van der Waals surface area contributed by atoms with E-state index >= 15 is 0 Å². The van der Waals surface area contributed by atoms with Gasteiger partial charge in [-0.25, -0.2) is 5.01 Å². The Morgan fingerprint density at radius 3 is 2.48 bits per heavy atom. The summed E-state index contributed by atoms with van der Waals surface area (Å²) in [5, 5.41) is 6.66. The van der Waals surface area contributed by atoms with E-state index in [-0.39, 0.29) is 11.9 Å². The molecular formula is C25H31N3O. The molecule has 2 aromatic carbocycles. The summed E-state index contributed by atoms with van der Waals surface area (Å²) < 4.78 is 0. The van der Waals surface area contributed by atoms with Crippen LogP contribution in [0.2, 0.25) is 0 Å². The molecule has 0 aromatic heterocycles. The molecule has 0 aliphatic carbocycles. The van der Waals surface area contributed by atoms with Crippen LogP contribution in [0.3, 0.4) is 0 Å². The quantitative estimate of drug-likeness (QED) is 0.755. The van der Waals surface area contributed by atoms with E-state index in [1.807, 2.05) is 0 Å². The number of likely N-dealkylation sites (tertiary alicyclic amines) is 1. The smallest absolute Gasteiger partial charge is 0.257 e. The van der Waals surface area contributed by atoms with Gasteiger partial charge in [0.1, 0.15) is 0 Å². The van der Waals surface area contributed by atoms with Crippen molar-refractivity contribution < 1.29 is 4.79 Å². The molecule has 152 valence electrons. The summed E-state index contributed by atoms with van der Waals surface area (Å²) >= 11 is 0. The van der Waals surface area contributed by atoms with Gasteiger partial charge in [-0.3, -0.25) is 9.69 Å². The molecule has 4 heteroatoms. The first kappa shape index (κ1) is 19.8. The van der Waals surface area contributed by atoms with Crippen LogP contribution >= 0.6 is 0 Å². The molecule has 0 bridgehead atoms. The second-order valence-corrected chi connectivity index (χ2v) is 8.52. The number of rotatable bonds is 4. The Morgan fingerprint density at radius 2 is 1.76 bits per heavy atom. The van der Waals surface area contributed by atoms with Gasteiger partial charge in [0.2, 0.25) is 0 Å². The lowest BCUT2D eigenvalue weighted by Crippen LogP contribution is -2.40. The minimum absolute atomic E-state index is 0.0239. The van der Waals surface area contributed by atoms with Gasteiger partial charge in [-0.2, -0.15) is 5.10 Å². The zero-order valence-electron chi connectivity index (χ0n) is 17.8. The third-order valence-corrected chi connectivity index (χ3v) is 6.21. The molecule has 2 aliphatic rings. The van der Waals surface area contributed by atoms with Crippen LogP contribution in [0.25, 0.3) is 0 Å². The summed E-state index contributed by atoms with van der Waals surface area (Å²) in [6.45, 7) is 8.86. The maximum atomic E-state index is 13.3. The highest BCUT2D eigenvalue weighted by molar-refractivity contribution is 6.04. The van der Waals surface area contributed by atoms with Crippen LogP contribution in [0.5, 0.6) is 0 Å². The third-order valence-electron chi connectivity index (χ3n) is 6.21. The molecule has 1 atom stereocenters. The molecule has 4 nitrogen and oxygen atoms in total. The maximum absolute atomic E-state index is 13.3. The average Bonchev–Trinajstić information content (AvgIpc) is 3.14. The number of nitrogens with zero attached hydrogens (tertiary/aromatic N) is 3. The normalized spacial score (nSPS) is 20.0. The number of carbonyl (C=O) groups excluding carboxylic acids is 1. The molecule has 2 heterocycles. The molecule has 0 spiro atoms. The van der Waals surface area contributed by atoms with Gasteiger partial charge in [0.15, 0.2) is 0 Å². The molecule has 29 heavy (non-hydrogen) atoms. The summed E-state index contributed by atoms with van der Waals surface area (Å²) in [6.07, 6.45) is 4.41. The van der Waals surface area contributed by atoms with Crippen LogP contribution in [0.15, 0.2) is 47.6 Å². The van der Waals surface area contributed by atoms with E-state index < -0.39 is 0 Å². The number of hydrazone groups is 1. The summed E-state index contributed by atoms with van der Waals surface area (Å²) in [4.78, 5) is 15.6. The van der Waals surface area contributed by atoms with Crippen molar-refractivity contribution in [2.75, 3.05) is 19.6 Å². The Morgan fingerprint density at radius 1 is 1.00 bits per heavy atom. The molecule has 2 aromatic rings. The van der Waals surface area contributed by atoms with E-state index in [4.69, 9.17) is 5.10 Å². The lowest BCUT2D eigenvalue weighted by atomic mass is 9.93. The highest BCUT2D eigenvalue weighted by atomic mass is 16.2. The van der Waals surface area contributed by atoms with Crippen LogP contribution in [-0.2, 0) is 4.79 Å². The first-order valence-electron chi connectivity index (χ1n) is 10.8. The van der Waals surface area contributed by atoms with Crippen molar-refractivity contribution in [3.8, 4) is 0 Å².